The molecule has 1 aliphatic heterocycles. The highest BCUT2D eigenvalue weighted by atomic mass is 16.5. The minimum atomic E-state index is 0.174. The van der Waals surface area contributed by atoms with Gasteiger partial charge in [0.15, 0.2) is 0 Å². The summed E-state index contributed by atoms with van der Waals surface area (Å²) in [6.45, 7) is 11.6. The maximum Gasteiger partial charge on any atom is 0.144 e. The number of anilines is 1. The summed E-state index contributed by atoms with van der Waals surface area (Å²) in [5, 5.41) is 0. The Morgan fingerprint density at radius 2 is 1.92 bits per heavy atom. The van der Waals surface area contributed by atoms with Crippen molar-refractivity contribution >= 4 is 17.6 Å². The standard InChI is InChI=1S/C23H30N2O/c1-16(2)25-21-12-11-18(13-19(21)17(3)14-23(25,4)5)15-24-20-9-7-8-10-22(20)26-6/h7-13,15-17H,14H2,1-6H3. The summed E-state index contributed by atoms with van der Waals surface area (Å²) < 4.78 is 5.38. The molecule has 1 heterocycles. The van der Waals surface area contributed by atoms with Crippen LogP contribution in [-0.4, -0.2) is 24.9 Å². The third-order valence-electron chi connectivity index (χ3n) is 5.25. The largest absolute Gasteiger partial charge is 0.494 e. The summed E-state index contributed by atoms with van der Waals surface area (Å²) in [5.41, 5.74) is 4.93. The van der Waals surface area contributed by atoms with Crippen LogP contribution in [0.1, 0.15) is 58.1 Å². The fourth-order valence-electron chi connectivity index (χ4n) is 4.41. The molecule has 138 valence electrons. The Balaban J connectivity index is 1.96. The van der Waals surface area contributed by atoms with Crippen molar-refractivity contribution in [2.45, 2.75) is 58.5 Å². The molecule has 1 aliphatic rings. The van der Waals surface area contributed by atoms with Gasteiger partial charge in [-0.25, -0.2) is 0 Å². The van der Waals surface area contributed by atoms with Crippen LogP contribution in [-0.2, 0) is 0 Å². The van der Waals surface area contributed by atoms with Crippen molar-refractivity contribution in [2.24, 2.45) is 4.99 Å². The first-order valence-electron chi connectivity index (χ1n) is 9.44. The molecule has 0 N–H and O–H groups in total. The molecule has 0 fully saturated rings. The zero-order valence-electron chi connectivity index (χ0n) is 16.8. The maximum absolute atomic E-state index is 5.38. The average Bonchev–Trinajstić information content (AvgIpc) is 2.59. The molecule has 3 rings (SSSR count). The molecule has 0 bridgehead atoms. The van der Waals surface area contributed by atoms with Crippen molar-refractivity contribution in [2.75, 3.05) is 12.0 Å². The Bertz CT molecular complexity index is 808. The Morgan fingerprint density at radius 1 is 1.19 bits per heavy atom. The summed E-state index contributed by atoms with van der Waals surface area (Å²) in [6, 6.07) is 15.0. The molecule has 0 aromatic heterocycles. The number of para-hydroxylation sites is 2. The zero-order valence-corrected chi connectivity index (χ0v) is 16.8. The highest BCUT2D eigenvalue weighted by Crippen LogP contribution is 2.44. The number of fused-ring (bicyclic) bond motifs is 1. The van der Waals surface area contributed by atoms with Crippen molar-refractivity contribution in [3.05, 3.63) is 53.6 Å². The summed E-state index contributed by atoms with van der Waals surface area (Å²) in [7, 11) is 1.68. The molecule has 2 aromatic carbocycles. The van der Waals surface area contributed by atoms with E-state index in [4.69, 9.17) is 4.74 Å². The van der Waals surface area contributed by atoms with Gasteiger partial charge in [0.25, 0.3) is 0 Å². The van der Waals surface area contributed by atoms with Gasteiger partial charge in [-0.15, -0.1) is 0 Å². The lowest BCUT2D eigenvalue weighted by Gasteiger charge is -2.50. The monoisotopic (exact) mass is 350 g/mol. The van der Waals surface area contributed by atoms with Crippen molar-refractivity contribution in [3.63, 3.8) is 0 Å². The molecule has 2 aromatic rings. The summed E-state index contributed by atoms with van der Waals surface area (Å²) in [6.07, 6.45) is 3.09. The van der Waals surface area contributed by atoms with Crippen molar-refractivity contribution < 1.29 is 4.74 Å². The summed E-state index contributed by atoms with van der Waals surface area (Å²) in [5.74, 6) is 1.33. The lowest BCUT2D eigenvalue weighted by molar-refractivity contribution is 0.356. The number of aliphatic imine (C=N–C) groups is 1. The molecular formula is C23H30N2O. The van der Waals surface area contributed by atoms with Crippen LogP contribution in [0.4, 0.5) is 11.4 Å². The van der Waals surface area contributed by atoms with E-state index in [-0.39, 0.29) is 5.54 Å². The van der Waals surface area contributed by atoms with E-state index in [1.807, 2.05) is 30.5 Å². The average molecular weight is 351 g/mol. The second kappa shape index (κ2) is 7.14. The summed E-state index contributed by atoms with van der Waals surface area (Å²) in [4.78, 5) is 7.20. The first-order valence-corrected chi connectivity index (χ1v) is 9.44. The SMILES string of the molecule is COc1ccccc1N=Cc1ccc2c(c1)C(C)CC(C)(C)N2C(C)C. The van der Waals surface area contributed by atoms with E-state index < -0.39 is 0 Å². The van der Waals surface area contributed by atoms with E-state index >= 15 is 0 Å². The first-order chi connectivity index (χ1) is 12.3. The minimum absolute atomic E-state index is 0.174. The molecular weight excluding hydrogens is 320 g/mol. The van der Waals surface area contributed by atoms with Gasteiger partial charge in [0.2, 0.25) is 0 Å². The van der Waals surface area contributed by atoms with Crippen LogP contribution in [0.15, 0.2) is 47.5 Å². The van der Waals surface area contributed by atoms with Gasteiger partial charge in [-0.3, -0.25) is 4.99 Å². The van der Waals surface area contributed by atoms with Gasteiger partial charge in [-0.05, 0) is 75.4 Å². The van der Waals surface area contributed by atoms with Crippen molar-refractivity contribution in [1.29, 1.82) is 0 Å². The molecule has 0 radical (unpaired) electrons. The zero-order chi connectivity index (χ0) is 18.9. The lowest BCUT2D eigenvalue weighted by Crippen LogP contribution is -2.51. The molecule has 3 heteroatoms. The summed E-state index contributed by atoms with van der Waals surface area (Å²) >= 11 is 0. The molecule has 3 nitrogen and oxygen atoms in total. The number of benzene rings is 2. The minimum Gasteiger partial charge on any atom is -0.494 e. The fraction of sp³-hybridized carbons (Fsp3) is 0.435. The first kappa shape index (κ1) is 18.5. The van der Waals surface area contributed by atoms with E-state index in [0.717, 1.165) is 23.4 Å². The highest BCUT2D eigenvalue weighted by molar-refractivity contribution is 5.84. The molecule has 1 unspecified atom stereocenters. The maximum atomic E-state index is 5.38. The third kappa shape index (κ3) is 3.48. The van der Waals surface area contributed by atoms with Crippen molar-refractivity contribution in [1.82, 2.24) is 0 Å². The second-order valence-electron chi connectivity index (χ2n) is 8.13. The van der Waals surface area contributed by atoms with Gasteiger partial charge in [0, 0.05) is 23.5 Å². The molecule has 26 heavy (non-hydrogen) atoms. The van der Waals surface area contributed by atoms with Crippen LogP contribution in [0.3, 0.4) is 0 Å². The molecule has 1 atom stereocenters. The molecule has 0 saturated heterocycles. The number of rotatable bonds is 4. The van der Waals surface area contributed by atoms with E-state index in [2.05, 4.69) is 62.7 Å². The van der Waals surface area contributed by atoms with Gasteiger partial charge in [0.1, 0.15) is 11.4 Å². The number of hydrogen-bond acceptors (Lipinski definition) is 3. The number of ether oxygens (including phenoxy) is 1. The predicted octanol–water partition coefficient (Wildman–Crippen LogP) is 5.95. The number of nitrogens with zero attached hydrogens (tertiary/aromatic N) is 2. The normalized spacial score (nSPS) is 19.0. The Kier molecular flexibility index (Phi) is 5.08. The van der Waals surface area contributed by atoms with Crippen LogP contribution in [0, 0.1) is 0 Å². The van der Waals surface area contributed by atoms with Gasteiger partial charge < -0.3 is 9.64 Å². The van der Waals surface area contributed by atoms with Gasteiger partial charge in [0.05, 0.1) is 7.11 Å². The predicted molar refractivity (Wildman–Crippen MR) is 111 cm³/mol. The molecule has 0 aliphatic carbocycles. The van der Waals surface area contributed by atoms with E-state index in [1.54, 1.807) is 7.11 Å². The van der Waals surface area contributed by atoms with Gasteiger partial charge >= 0.3 is 0 Å². The quantitative estimate of drug-likeness (QED) is 0.637. The van der Waals surface area contributed by atoms with Crippen LogP contribution >= 0.6 is 0 Å². The smallest absolute Gasteiger partial charge is 0.144 e. The van der Waals surface area contributed by atoms with E-state index in [9.17, 15) is 0 Å². The third-order valence-corrected chi connectivity index (χ3v) is 5.25. The lowest BCUT2D eigenvalue weighted by atomic mass is 9.79. The van der Waals surface area contributed by atoms with Crippen molar-refractivity contribution in [3.8, 4) is 5.75 Å². The van der Waals surface area contributed by atoms with Crippen LogP contribution in [0.2, 0.25) is 0 Å². The van der Waals surface area contributed by atoms with Crippen LogP contribution in [0.5, 0.6) is 5.75 Å². The highest BCUT2D eigenvalue weighted by Gasteiger charge is 2.37. The Hall–Kier alpha value is -2.29. The molecule has 0 amide bonds. The fourth-order valence-corrected chi connectivity index (χ4v) is 4.41. The topological polar surface area (TPSA) is 24.8 Å². The van der Waals surface area contributed by atoms with Gasteiger partial charge in [-0.2, -0.15) is 0 Å². The van der Waals surface area contributed by atoms with E-state index in [0.29, 0.717) is 12.0 Å². The molecule has 0 saturated carbocycles. The van der Waals surface area contributed by atoms with E-state index in [1.165, 1.54) is 11.3 Å². The molecule has 0 spiro atoms. The van der Waals surface area contributed by atoms with Crippen LogP contribution < -0.4 is 9.64 Å². The number of hydrogen-bond donors (Lipinski definition) is 0. The number of methoxy groups -OCH3 is 1. The second-order valence-corrected chi connectivity index (χ2v) is 8.13. The Morgan fingerprint density at radius 3 is 2.62 bits per heavy atom. The van der Waals surface area contributed by atoms with Gasteiger partial charge in [-0.1, -0.05) is 25.1 Å². The Labute approximate surface area is 157 Å². The van der Waals surface area contributed by atoms with Crippen LogP contribution in [0.25, 0.3) is 0 Å².